The Bertz CT molecular complexity index is 1100. The van der Waals surface area contributed by atoms with Gasteiger partial charge >= 0.3 is 6.18 Å². The van der Waals surface area contributed by atoms with Crippen molar-refractivity contribution in [2.75, 3.05) is 6.61 Å². The summed E-state index contributed by atoms with van der Waals surface area (Å²) in [4.78, 5) is 8.25. The Balaban J connectivity index is 2.01. The monoisotopic (exact) mass is 453 g/mol. The second-order valence-corrected chi connectivity index (χ2v) is 8.54. The van der Waals surface area contributed by atoms with Crippen molar-refractivity contribution in [2.45, 2.75) is 45.3 Å². The van der Waals surface area contributed by atoms with Gasteiger partial charge in [-0.15, -0.1) is 0 Å². The summed E-state index contributed by atoms with van der Waals surface area (Å²) < 4.78 is 72.7. The van der Waals surface area contributed by atoms with E-state index in [1.165, 1.54) is 18.3 Å². The molecule has 4 nitrogen and oxygen atoms in total. The van der Waals surface area contributed by atoms with Crippen molar-refractivity contribution in [3.63, 3.8) is 0 Å². The fraction of sp³-hybridized carbons (Fsp3) is 0.391. The third-order valence-electron chi connectivity index (χ3n) is 4.91. The summed E-state index contributed by atoms with van der Waals surface area (Å²) >= 11 is 0. The van der Waals surface area contributed by atoms with Gasteiger partial charge in [-0.05, 0) is 49.6 Å². The minimum Gasteiger partial charge on any atom is -0.490 e. The van der Waals surface area contributed by atoms with Crippen molar-refractivity contribution in [3.8, 4) is 17.0 Å². The molecule has 0 saturated carbocycles. The lowest BCUT2D eigenvalue weighted by molar-refractivity contribution is -0.137. The third-order valence-corrected chi connectivity index (χ3v) is 4.91. The first-order valence-corrected chi connectivity index (χ1v) is 10.0. The molecule has 9 heteroatoms. The van der Waals surface area contributed by atoms with Crippen LogP contribution in [-0.2, 0) is 6.18 Å². The Labute approximate surface area is 182 Å². The average Bonchev–Trinajstić information content (AvgIpc) is 2.69. The molecule has 2 N–H and O–H groups in total. The highest BCUT2D eigenvalue weighted by molar-refractivity contribution is 5.94. The number of hydrogen-bond donors (Lipinski definition) is 1. The number of ether oxygens (including phenoxy) is 1. The third kappa shape index (κ3) is 5.51. The van der Waals surface area contributed by atoms with Crippen LogP contribution < -0.4 is 10.5 Å². The van der Waals surface area contributed by atoms with Crippen LogP contribution in [0.15, 0.2) is 42.7 Å². The molecule has 0 bridgehead atoms. The summed E-state index contributed by atoms with van der Waals surface area (Å²) in [5.74, 6) is 0.184. The van der Waals surface area contributed by atoms with Crippen molar-refractivity contribution < 1.29 is 26.7 Å². The molecule has 3 rings (SSSR count). The number of aromatic nitrogens is 2. The molecule has 0 spiro atoms. The number of pyridine rings is 2. The predicted molar refractivity (Wildman–Crippen MR) is 112 cm³/mol. The minimum atomic E-state index is -4.55. The van der Waals surface area contributed by atoms with Crippen LogP contribution in [0.1, 0.15) is 44.7 Å². The number of halogens is 5. The first-order valence-electron chi connectivity index (χ1n) is 10.0. The molecule has 2 aromatic heterocycles. The molecule has 0 aliphatic carbocycles. The van der Waals surface area contributed by atoms with E-state index in [0.717, 1.165) is 24.4 Å². The van der Waals surface area contributed by atoms with Crippen LogP contribution in [0.3, 0.4) is 0 Å². The molecule has 172 valence electrons. The maximum atomic E-state index is 13.8. The quantitative estimate of drug-likeness (QED) is 0.421. The molecular formula is C23H24F5N3O. The molecule has 0 aliphatic heterocycles. The van der Waals surface area contributed by atoms with Crippen molar-refractivity contribution in [1.29, 1.82) is 0 Å². The molecular weight excluding hydrogens is 429 g/mol. The van der Waals surface area contributed by atoms with E-state index in [-0.39, 0.29) is 29.0 Å². The van der Waals surface area contributed by atoms with E-state index >= 15 is 0 Å². The van der Waals surface area contributed by atoms with Gasteiger partial charge in [0.25, 0.3) is 6.43 Å². The van der Waals surface area contributed by atoms with Gasteiger partial charge in [-0.25, -0.2) is 8.78 Å². The van der Waals surface area contributed by atoms with Gasteiger partial charge in [-0.2, -0.15) is 13.2 Å². The van der Waals surface area contributed by atoms with Crippen LogP contribution in [0.25, 0.3) is 22.2 Å². The van der Waals surface area contributed by atoms with E-state index in [9.17, 15) is 22.0 Å². The molecule has 32 heavy (non-hydrogen) atoms. The first kappa shape index (κ1) is 23.8. The van der Waals surface area contributed by atoms with Gasteiger partial charge in [0.05, 0.1) is 28.5 Å². The van der Waals surface area contributed by atoms with Gasteiger partial charge in [-0.1, -0.05) is 13.8 Å². The fourth-order valence-electron chi connectivity index (χ4n) is 3.68. The smallest absolute Gasteiger partial charge is 0.416 e. The number of hydrogen-bond acceptors (Lipinski definition) is 4. The molecule has 2 heterocycles. The van der Waals surface area contributed by atoms with Gasteiger partial charge in [-0.3, -0.25) is 9.97 Å². The Kier molecular flexibility index (Phi) is 6.69. The lowest BCUT2D eigenvalue weighted by Crippen LogP contribution is -2.43. The zero-order valence-corrected chi connectivity index (χ0v) is 17.9. The lowest BCUT2D eigenvalue weighted by atomic mass is 9.93. The Hall–Kier alpha value is -2.81. The molecule has 0 aliphatic rings. The molecule has 1 unspecified atom stereocenters. The van der Waals surface area contributed by atoms with E-state index in [1.54, 1.807) is 6.92 Å². The molecule has 0 radical (unpaired) electrons. The second-order valence-electron chi connectivity index (χ2n) is 8.54. The summed E-state index contributed by atoms with van der Waals surface area (Å²) in [5, 5.41) is 0.162. The summed E-state index contributed by atoms with van der Waals surface area (Å²) in [6.45, 7) is 5.78. The highest BCUT2D eigenvalue weighted by atomic mass is 19.4. The minimum absolute atomic E-state index is 0.0130. The Morgan fingerprint density at radius 3 is 2.41 bits per heavy atom. The van der Waals surface area contributed by atoms with Crippen LogP contribution in [0.2, 0.25) is 0 Å². The zero-order chi connectivity index (χ0) is 23.7. The van der Waals surface area contributed by atoms with Gasteiger partial charge in [0.15, 0.2) is 0 Å². The summed E-state index contributed by atoms with van der Waals surface area (Å²) in [6, 6.07) is 5.68. The van der Waals surface area contributed by atoms with Crippen LogP contribution in [0.4, 0.5) is 22.0 Å². The zero-order valence-electron chi connectivity index (χ0n) is 17.9. The van der Waals surface area contributed by atoms with Crippen molar-refractivity contribution in [1.82, 2.24) is 9.97 Å². The Morgan fingerprint density at radius 2 is 1.78 bits per heavy atom. The van der Waals surface area contributed by atoms with E-state index in [1.807, 2.05) is 13.8 Å². The van der Waals surface area contributed by atoms with Crippen LogP contribution >= 0.6 is 0 Å². The summed E-state index contributed by atoms with van der Waals surface area (Å²) in [5.41, 5.74) is 4.85. The van der Waals surface area contributed by atoms with Gasteiger partial charge < -0.3 is 10.5 Å². The standard InChI is InChI=1S/C23H24F5N3O/c1-13(2)10-22(3,29)12-32-20-11-31-19(9-17(20)21(24)25)15-6-7-30-18-5-4-14(8-16(15)18)23(26,27)28/h4-9,11,13,21H,10,12,29H2,1-3H3. The van der Waals surface area contributed by atoms with E-state index < -0.39 is 29.3 Å². The second kappa shape index (κ2) is 8.97. The van der Waals surface area contributed by atoms with Crippen LogP contribution in [0.5, 0.6) is 5.75 Å². The van der Waals surface area contributed by atoms with Crippen molar-refractivity contribution >= 4 is 10.9 Å². The molecule has 1 atom stereocenters. The number of alkyl halides is 5. The molecule has 0 fully saturated rings. The van der Waals surface area contributed by atoms with Crippen molar-refractivity contribution in [3.05, 3.63) is 53.9 Å². The van der Waals surface area contributed by atoms with Crippen LogP contribution in [0, 0.1) is 5.92 Å². The molecule has 3 aromatic rings. The normalized spacial score (nSPS) is 14.2. The number of benzene rings is 1. The lowest BCUT2D eigenvalue weighted by Gasteiger charge is -2.27. The number of nitrogens with zero attached hydrogens (tertiary/aromatic N) is 2. The molecule has 1 aromatic carbocycles. The fourth-order valence-corrected chi connectivity index (χ4v) is 3.68. The maximum absolute atomic E-state index is 13.8. The molecule has 0 saturated heterocycles. The van der Waals surface area contributed by atoms with E-state index in [2.05, 4.69) is 9.97 Å². The highest BCUT2D eigenvalue weighted by Gasteiger charge is 2.31. The topological polar surface area (TPSA) is 61.0 Å². The number of fused-ring (bicyclic) bond motifs is 1. The average molecular weight is 453 g/mol. The van der Waals surface area contributed by atoms with Gasteiger partial charge in [0, 0.05) is 22.7 Å². The molecule has 0 amide bonds. The SMILES string of the molecule is CC(C)CC(C)(N)COc1cnc(-c2ccnc3ccc(C(F)(F)F)cc23)cc1C(F)F. The maximum Gasteiger partial charge on any atom is 0.416 e. The van der Waals surface area contributed by atoms with Crippen molar-refractivity contribution in [2.24, 2.45) is 11.7 Å². The highest BCUT2D eigenvalue weighted by Crippen LogP contribution is 2.37. The van der Waals surface area contributed by atoms with E-state index in [0.29, 0.717) is 17.9 Å². The largest absolute Gasteiger partial charge is 0.490 e. The van der Waals surface area contributed by atoms with Gasteiger partial charge in [0.2, 0.25) is 0 Å². The number of nitrogens with two attached hydrogens (primary N) is 1. The summed E-state index contributed by atoms with van der Waals surface area (Å²) in [7, 11) is 0. The number of rotatable bonds is 7. The van der Waals surface area contributed by atoms with Gasteiger partial charge in [0.1, 0.15) is 12.4 Å². The van der Waals surface area contributed by atoms with E-state index in [4.69, 9.17) is 10.5 Å². The van der Waals surface area contributed by atoms with Crippen LogP contribution in [-0.4, -0.2) is 22.1 Å². The summed E-state index contributed by atoms with van der Waals surface area (Å²) in [6.07, 6.45) is -4.24. The first-order chi connectivity index (χ1) is 14.9. The predicted octanol–water partition coefficient (Wildman–Crippen LogP) is 6.40. The Morgan fingerprint density at radius 1 is 1.06 bits per heavy atom.